The minimum absolute atomic E-state index is 0.399. The molecule has 0 amide bonds. The van der Waals surface area contributed by atoms with Crippen molar-refractivity contribution in [1.82, 2.24) is 0 Å². The number of rotatable bonds is 13. The van der Waals surface area contributed by atoms with Gasteiger partial charge >= 0.3 is 77.2 Å². The van der Waals surface area contributed by atoms with E-state index in [1.807, 2.05) is 0 Å². The maximum Gasteiger partial charge on any atom is 0.460 e. The van der Waals surface area contributed by atoms with E-state index < -0.39 is 89.6 Å². The van der Waals surface area contributed by atoms with Crippen molar-refractivity contribution in [1.29, 1.82) is 0 Å². The lowest BCUT2D eigenvalue weighted by Gasteiger charge is -2.46. The third-order valence-electron chi connectivity index (χ3n) is 5.42. The van der Waals surface area contributed by atoms with Gasteiger partial charge in [-0.1, -0.05) is 13.8 Å². The second kappa shape index (κ2) is 10.3. The van der Waals surface area contributed by atoms with Crippen molar-refractivity contribution >= 4 is 0 Å². The third kappa shape index (κ3) is 4.97. The van der Waals surface area contributed by atoms with Crippen LogP contribution < -0.4 is 0 Å². The van der Waals surface area contributed by atoms with Crippen molar-refractivity contribution in [3.63, 3.8) is 0 Å². The average molecular weight is 726 g/mol. The van der Waals surface area contributed by atoms with Crippen LogP contribution >= 0.6 is 0 Å². The molecule has 0 aromatic carbocycles. The largest absolute Gasteiger partial charge is 0.460 e. The van der Waals surface area contributed by atoms with Crippen LogP contribution in [0, 0.1) is 5.92 Å². The molecule has 0 aliphatic heterocycles. The van der Waals surface area contributed by atoms with Gasteiger partial charge in [-0.05, 0) is 5.92 Å². The zero-order valence-electron chi connectivity index (χ0n) is 20.0. The van der Waals surface area contributed by atoms with E-state index in [0.717, 1.165) is 0 Å². The Kier molecular flexibility index (Phi) is 9.86. The van der Waals surface area contributed by atoms with Crippen molar-refractivity contribution in [3.8, 4) is 0 Å². The Morgan fingerprint density at radius 2 is 0.432 bits per heavy atom. The lowest BCUT2D eigenvalue weighted by atomic mass is 9.83. The fourth-order valence-corrected chi connectivity index (χ4v) is 2.82. The quantitative estimate of drug-likeness (QED) is 0.166. The SMILES string of the molecule is CC(C)CC(F)(F)C(F)(F)C(F)(F)C(F)(F)C(F)(F)C(F)(F)C(F)(F)C(F)(F)C(F)(F)C(F)(F)C(F)(F)C(F)(F)C(F)(F)F. The number of halogens is 27. The van der Waals surface area contributed by atoms with E-state index in [9.17, 15) is 119 Å². The van der Waals surface area contributed by atoms with E-state index >= 15 is 0 Å². The van der Waals surface area contributed by atoms with Gasteiger partial charge < -0.3 is 0 Å². The first kappa shape index (κ1) is 42.1. The van der Waals surface area contributed by atoms with Crippen LogP contribution in [0.4, 0.5) is 119 Å². The molecular weight excluding hydrogens is 717 g/mol. The van der Waals surface area contributed by atoms with Gasteiger partial charge in [-0.2, -0.15) is 119 Å². The fraction of sp³-hybridized carbons (Fsp3) is 1.00. The number of hydrogen-bond donors (Lipinski definition) is 0. The predicted octanol–water partition coefficient (Wildman–Crippen LogP) is 10.2. The van der Waals surface area contributed by atoms with Gasteiger partial charge in [0.05, 0.1) is 0 Å². The molecule has 0 radical (unpaired) electrons. The maximum absolute atomic E-state index is 13.7. The Labute approximate surface area is 223 Å². The lowest BCUT2D eigenvalue weighted by Crippen LogP contribution is -2.78. The molecule has 0 aliphatic rings. The molecule has 44 heavy (non-hydrogen) atoms. The molecular formula is C17H9F27. The molecule has 0 saturated heterocycles. The topological polar surface area (TPSA) is 0 Å². The molecule has 0 rings (SSSR count). The summed E-state index contributed by atoms with van der Waals surface area (Å²) < 4.78 is 360. The summed E-state index contributed by atoms with van der Waals surface area (Å²) in [5.74, 6) is -111. The van der Waals surface area contributed by atoms with Gasteiger partial charge in [0.2, 0.25) is 0 Å². The second-order valence-corrected chi connectivity index (χ2v) is 9.12. The molecule has 0 bridgehead atoms. The van der Waals surface area contributed by atoms with E-state index in [1.54, 1.807) is 0 Å². The first-order valence-corrected chi connectivity index (χ1v) is 10.0. The maximum atomic E-state index is 13.7. The normalized spacial score (nSPS) is 17.0. The summed E-state index contributed by atoms with van der Waals surface area (Å²) in [4.78, 5) is 0. The standard InChI is InChI=1S/C17H9F27/c1-4(2)3-5(18,19)6(20,21)7(22,23)8(24,25)9(26,27)10(28,29)11(30,31)12(32,33)13(34,35)14(36,37)15(38,39)16(40,41)17(42,43)44/h4H,3H2,1-2H3. The van der Waals surface area contributed by atoms with E-state index in [1.165, 1.54) is 0 Å². The van der Waals surface area contributed by atoms with Crippen molar-refractivity contribution < 1.29 is 119 Å². The molecule has 0 spiro atoms. The highest BCUT2D eigenvalue weighted by Gasteiger charge is 3.00. The smallest absolute Gasteiger partial charge is 0.200 e. The monoisotopic (exact) mass is 726 g/mol. The highest BCUT2D eigenvalue weighted by atomic mass is 19.4. The third-order valence-corrected chi connectivity index (χ3v) is 5.42. The van der Waals surface area contributed by atoms with Crippen molar-refractivity contribution in [2.45, 2.75) is 97.5 Å². The summed E-state index contributed by atoms with van der Waals surface area (Å²) in [6, 6.07) is 0. The van der Waals surface area contributed by atoms with Gasteiger partial charge in [0.15, 0.2) is 0 Å². The van der Waals surface area contributed by atoms with Crippen molar-refractivity contribution in [2.75, 3.05) is 0 Å². The van der Waals surface area contributed by atoms with Gasteiger partial charge in [-0.3, -0.25) is 0 Å². The average Bonchev–Trinajstić information content (AvgIpc) is 2.75. The Morgan fingerprint density at radius 3 is 0.591 bits per heavy atom. The van der Waals surface area contributed by atoms with Crippen LogP contribution in [-0.2, 0) is 0 Å². The van der Waals surface area contributed by atoms with E-state index in [2.05, 4.69) is 0 Å². The molecule has 0 N–H and O–H groups in total. The van der Waals surface area contributed by atoms with E-state index in [4.69, 9.17) is 0 Å². The van der Waals surface area contributed by atoms with Crippen LogP contribution in [0.15, 0.2) is 0 Å². The molecule has 0 atom stereocenters. The summed E-state index contributed by atoms with van der Waals surface area (Å²) in [6.07, 6.45) is -11.0. The molecule has 0 heterocycles. The van der Waals surface area contributed by atoms with Gasteiger partial charge in [0, 0.05) is 6.42 Å². The summed E-state index contributed by atoms with van der Waals surface area (Å²) in [5, 5.41) is 0. The zero-order chi connectivity index (χ0) is 36.8. The zero-order valence-corrected chi connectivity index (χ0v) is 20.0. The molecule has 0 saturated carbocycles. The highest BCUT2D eigenvalue weighted by molar-refractivity contribution is 5.20. The van der Waals surface area contributed by atoms with Crippen molar-refractivity contribution in [3.05, 3.63) is 0 Å². The summed E-state index contributed by atoms with van der Waals surface area (Å²) >= 11 is 0. The van der Waals surface area contributed by atoms with Gasteiger partial charge in [0.1, 0.15) is 0 Å². The highest BCUT2D eigenvalue weighted by Crippen LogP contribution is 2.68. The molecule has 27 heteroatoms. The molecule has 0 nitrogen and oxygen atoms in total. The molecule has 0 aromatic rings. The van der Waals surface area contributed by atoms with Crippen molar-refractivity contribution in [2.24, 2.45) is 5.92 Å². The first-order valence-electron chi connectivity index (χ1n) is 10.0. The predicted molar refractivity (Wildman–Crippen MR) is 84.9 cm³/mol. The molecule has 266 valence electrons. The van der Waals surface area contributed by atoms with Crippen LogP contribution in [0.25, 0.3) is 0 Å². The molecule has 0 aliphatic carbocycles. The molecule has 0 fully saturated rings. The summed E-state index contributed by atoms with van der Waals surface area (Å²) in [5.41, 5.74) is 0. The summed E-state index contributed by atoms with van der Waals surface area (Å²) in [7, 11) is 0. The minimum Gasteiger partial charge on any atom is -0.200 e. The lowest BCUT2D eigenvalue weighted by molar-refractivity contribution is -0.485. The Bertz CT molecular complexity index is 1030. The molecule has 0 aromatic heterocycles. The Morgan fingerprint density at radius 1 is 0.273 bits per heavy atom. The molecule has 0 unspecified atom stereocenters. The van der Waals surface area contributed by atoms with Crippen LogP contribution in [0.5, 0.6) is 0 Å². The summed E-state index contributed by atoms with van der Waals surface area (Å²) in [6.45, 7) is 0.797. The van der Waals surface area contributed by atoms with Crippen LogP contribution in [0.2, 0.25) is 0 Å². The Balaban J connectivity index is 7.43. The number of alkyl halides is 27. The minimum atomic E-state index is -9.74. The van der Waals surface area contributed by atoms with E-state index in [-0.39, 0.29) is 0 Å². The van der Waals surface area contributed by atoms with Gasteiger partial charge in [0.25, 0.3) is 0 Å². The number of hydrogen-bond acceptors (Lipinski definition) is 0. The van der Waals surface area contributed by atoms with Crippen LogP contribution in [0.3, 0.4) is 0 Å². The van der Waals surface area contributed by atoms with Crippen LogP contribution in [-0.4, -0.2) is 77.2 Å². The van der Waals surface area contributed by atoms with Crippen LogP contribution in [0.1, 0.15) is 20.3 Å². The van der Waals surface area contributed by atoms with E-state index in [0.29, 0.717) is 13.8 Å². The van der Waals surface area contributed by atoms with Gasteiger partial charge in [-0.25, -0.2) is 0 Å². The second-order valence-electron chi connectivity index (χ2n) is 9.12. The fourth-order valence-electron chi connectivity index (χ4n) is 2.82. The van der Waals surface area contributed by atoms with Gasteiger partial charge in [-0.15, -0.1) is 0 Å². The Hall–Kier alpha value is -1.89. The first-order chi connectivity index (χ1) is 18.4.